The Bertz CT molecular complexity index is 409. The number of halogens is 1. The predicted molar refractivity (Wildman–Crippen MR) is 82.2 cm³/mol. The smallest absolute Gasteiger partial charge is 0.127 e. The predicted octanol–water partition coefficient (Wildman–Crippen LogP) is 4.79. The fourth-order valence-corrected chi connectivity index (χ4v) is 3.49. The number of benzene rings is 1. The van der Waals surface area contributed by atoms with E-state index in [0.717, 1.165) is 41.5 Å². The molecule has 2 nitrogen and oxygen atoms in total. The normalized spacial score (nSPS) is 27.1. The molecule has 0 amide bonds. The summed E-state index contributed by atoms with van der Waals surface area (Å²) >= 11 is 3.52. The van der Waals surface area contributed by atoms with Crippen LogP contribution >= 0.6 is 15.9 Å². The molecule has 0 heterocycles. The molecule has 0 N–H and O–H groups in total. The number of ether oxygens (including phenoxy) is 2. The summed E-state index contributed by atoms with van der Waals surface area (Å²) in [6.45, 7) is 4.64. The SMILES string of the molecule is COc1ccc(CBr)c(OC2CC(C)CC(C)C2)c1. The Morgan fingerprint density at radius 2 is 1.84 bits per heavy atom. The van der Waals surface area contributed by atoms with E-state index in [0.29, 0.717) is 6.10 Å². The van der Waals surface area contributed by atoms with Crippen LogP contribution in [-0.2, 0) is 5.33 Å². The number of alkyl halides is 1. The monoisotopic (exact) mass is 326 g/mol. The molecule has 1 aliphatic carbocycles. The maximum atomic E-state index is 6.25. The van der Waals surface area contributed by atoms with Gasteiger partial charge in [0.05, 0.1) is 13.2 Å². The van der Waals surface area contributed by atoms with Crippen LogP contribution in [0, 0.1) is 11.8 Å². The van der Waals surface area contributed by atoms with Crippen LogP contribution in [0.1, 0.15) is 38.7 Å². The van der Waals surface area contributed by atoms with E-state index < -0.39 is 0 Å². The maximum Gasteiger partial charge on any atom is 0.127 e. The maximum absolute atomic E-state index is 6.25. The van der Waals surface area contributed by atoms with Gasteiger partial charge in [-0.05, 0) is 37.2 Å². The van der Waals surface area contributed by atoms with Gasteiger partial charge in [0, 0.05) is 17.0 Å². The third-order valence-corrected chi connectivity index (χ3v) is 4.45. The van der Waals surface area contributed by atoms with Crippen molar-refractivity contribution in [3.05, 3.63) is 23.8 Å². The molecular formula is C16H23BrO2. The molecule has 106 valence electrons. The summed E-state index contributed by atoms with van der Waals surface area (Å²) in [6.07, 6.45) is 3.97. The van der Waals surface area contributed by atoms with Crippen LogP contribution in [0.3, 0.4) is 0 Å². The lowest BCUT2D eigenvalue weighted by Gasteiger charge is -2.32. The lowest BCUT2D eigenvalue weighted by atomic mass is 9.82. The molecule has 1 fully saturated rings. The topological polar surface area (TPSA) is 18.5 Å². The van der Waals surface area contributed by atoms with Crippen LogP contribution in [0.15, 0.2) is 18.2 Å². The van der Waals surface area contributed by atoms with Crippen LogP contribution < -0.4 is 9.47 Å². The minimum atomic E-state index is 0.337. The lowest BCUT2D eigenvalue weighted by Crippen LogP contribution is -2.28. The molecule has 1 aromatic carbocycles. The zero-order chi connectivity index (χ0) is 13.8. The van der Waals surface area contributed by atoms with E-state index in [1.165, 1.54) is 12.0 Å². The number of methoxy groups -OCH3 is 1. The van der Waals surface area contributed by atoms with Gasteiger partial charge in [0.1, 0.15) is 11.5 Å². The minimum absolute atomic E-state index is 0.337. The molecule has 0 spiro atoms. The highest BCUT2D eigenvalue weighted by Crippen LogP contribution is 2.34. The Kier molecular flexibility index (Phi) is 5.14. The van der Waals surface area contributed by atoms with Crippen LogP contribution in [-0.4, -0.2) is 13.2 Å². The Hall–Kier alpha value is -0.700. The van der Waals surface area contributed by atoms with Crippen LogP contribution in [0.25, 0.3) is 0 Å². The number of hydrogen-bond acceptors (Lipinski definition) is 2. The molecule has 0 saturated heterocycles. The fraction of sp³-hybridized carbons (Fsp3) is 0.625. The van der Waals surface area contributed by atoms with Gasteiger partial charge in [-0.15, -0.1) is 0 Å². The van der Waals surface area contributed by atoms with E-state index in [-0.39, 0.29) is 0 Å². The van der Waals surface area contributed by atoms with E-state index in [1.807, 2.05) is 12.1 Å². The molecule has 2 rings (SSSR count). The van der Waals surface area contributed by atoms with Crippen LogP contribution in [0.2, 0.25) is 0 Å². The second kappa shape index (κ2) is 6.65. The van der Waals surface area contributed by atoms with E-state index in [9.17, 15) is 0 Å². The van der Waals surface area contributed by atoms with Gasteiger partial charge < -0.3 is 9.47 Å². The Morgan fingerprint density at radius 1 is 1.16 bits per heavy atom. The van der Waals surface area contributed by atoms with Crippen molar-refractivity contribution in [2.24, 2.45) is 11.8 Å². The molecular weight excluding hydrogens is 304 g/mol. The third-order valence-electron chi connectivity index (χ3n) is 3.85. The summed E-state index contributed by atoms with van der Waals surface area (Å²) in [5.41, 5.74) is 1.19. The van der Waals surface area contributed by atoms with Gasteiger partial charge >= 0.3 is 0 Å². The second-order valence-electron chi connectivity index (χ2n) is 5.76. The zero-order valence-corrected chi connectivity index (χ0v) is 13.6. The Labute approximate surface area is 124 Å². The lowest BCUT2D eigenvalue weighted by molar-refractivity contribution is 0.100. The van der Waals surface area contributed by atoms with E-state index in [4.69, 9.17) is 9.47 Å². The van der Waals surface area contributed by atoms with Crippen molar-refractivity contribution < 1.29 is 9.47 Å². The van der Waals surface area contributed by atoms with Crippen LogP contribution in [0.5, 0.6) is 11.5 Å². The average Bonchev–Trinajstić information content (AvgIpc) is 2.37. The standard InChI is InChI=1S/C16H23BrO2/c1-11-6-12(2)8-15(7-11)19-16-9-14(18-3)5-4-13(16)10-17/h4-5,9,11-12,15H,6-8,10H2,1-3H3. The summed E-state index contributed by atoms with van der Waals surface area (Å²) in [6, 6.07) is 6.05. The van der Waals surface area contributed by atoms with Crippen molar-refractivity contribution in [1.29, 1.82) is 0 Å². The molecule has 1 aliphatic rings. The highest BCUT2D eigenvalue weighted by Gasteiger charge is 2.25. The van der Waals surface area contributed by atoms with Crippen molar-refractivity contribution in [2.75, 3.05) is 7.11 Å². The first-order chi connectivity index (χ1) is 9.12. The Morgan fingerprint density at radius 3 is 2.42 bits per heavy atom. The van der Waals surface area contributed by atoms with Gasteiger partial charge in [0.15, 0.2) is 0 Å². The van der Waals surface area contributed by atoms with Gasteiger partial charge in [-0.2, -0.15) is 0 Å². The van der Waals surface area contributed by atoms with Gasteiger partial charge in [-0.25, -0.2) is 0 Å². The third kappa shape index (κ3) is 3.88. The Balaban J connectivity index is 2.12. The molecule has 0 radical (unpaired) electrons. The fourth-order valence-electron chi connectivity index (χ4n) is 3.03. The van der Waals surface area contributed by atoms with E-state index in [2.05, 4.69) is 35.8 Å². The van der Waals surface area contributed by atoms with Gasteiger partial charge in [-0.3, -0.25) is 0 Å². The average molecular weight is 327 g/mol. The molecule has 0 bridgehead atoms. The molecule has 1 saturated carbocycles. The molecule has 19 heavy (non-hydrogen) atoms. The zero-order valence-electron chi connectivity index (χ0n) is 12.0. The summed E-state index contributed by atoms with van der Waals surface area (Å²) in [5, 5.41) is 0.810. The van der Waals surface area contributed by atoms with Gasteiger partial charge in [-0.1, -0.05) is 35.8 Å². The first-order valence-electron chi connectivity index (χ1n) is 7.02. The summed E-state index contributed by atoms with van der Waals surface area (Å²) < 4.78 is 11.5. The second-order valence-corrected chi connectivity index (χ2v) is 6.33. The van der Waals surface area contributed by atoms with Crippen molar-refractivity contribution in [1.82, 2.24) is 0 Å². The van der Waals surface area contributed by atoms with Crippen molar-refractivity contribution in [2.45, 2.75) is 44.5 Å². The summed E-state index contributed by atoms with van der Waals surface area (Å²) in [4.78, 5) is 0. The first-order valence-corrected chi connectivity index (χ1v) is 8.14. The number of hydrogen-bond donors (Lipinski definition) is 0. The molecule has 1 aromatic rings. The van der Waals surface area contributed by atoms with Crippen molar-refractivity contribution in [3.63, 3.8) is 0 Å². The molecule has 2 atom stereocenters. The molecule has 0 aliphatic heterocycles. The minimum Gasteiger partial charge on any atom is -0.497 e. The van der Waals surface area contributed by atoms with Crippen molar-refractivity contribution in [3.8, 4) is 11.5 Å². The summed E-state index contributed by atoms with van der Waals surface area (Å²) in [7, 11) is 1.69. The largest absolute Gasteiger partial charge is 0.497 e. The van der Waals surface area contributed by atoms with Crippen LogP contribution in [0.4, 0.5) is 0 Å². The highest BCUT2D eigenvalue weighted by atomic mass is 79.9. The van der Waals surface area contributed by atoms with E-state index in [1.54, 1.807) is 7.11 Å². The number of rotatable bonds is 4. The highest BCUT2D eigenvalue weighted by molar-refractivity contribution is 9.08. The molecule has 3 heteroatoms. The summed E-state index contributed by atoms with van der Waals surface area (Å²) in [5.74, 6) is 3.33. The van der Waals surface area contributed by atoms with Gasteiger partial charge in [0.2, 0.25) is 0 Å². The molecule has 0 aromatic heterocycles. The van der Waals surface area contributed by atoms with E-state index >= 15 is 0 Å². The van der Waals surface area contributed by atoms with Gasteiger partial charge in [0.25, 0.3) is 0 Å². The first kappa shape index (κ1) is 14.7. The quantitative estimate of drug-likeness (QED) is 0.740. The molecule has 2 unspecified atom stereocenters. The van der Waals surface area contributed by atoms with Crippen molar-refractivity contribution >= 4 is 15.9 Å².